The Bertz CT molecular complexity index is 647. The van der Waals surface area contributed by atoms with Crippen LogP contribution in [0.15, 0.2) is 47.1 Å². The van der Waals surface area contributed by atoms with E-state index in [1.54, 1.807) is 30.5 Å². The van der Waals surface area contributed by atoms with Gasteiger partial charge in [0.2, 0.25) is 11.8 Å². The molecule has 21 heavy (non-hydrogen) atoms. The van der Waals surface area contributed by atoms with Crippen LogP contribution in [0.2, 0.25) is 0 Å². The Labute approximate surface area is 122 Å². The Morgan fingerprint density at radius 1 is 1.24 bits per heavy atom. The van der Waals surface area contributed by atoms with Crippen molar-refractivity contribution in [1.82, 2.24) is 0 Å². The highest BCUT2D eigenvalue weighted by atomic mass is 16.3. The fourth-order valence-corrected chi connectivity index (χ4v) is 2.44. The molecule has 3 N–H and O–H groups in total. The fraction of sp³-hybridized carbons (Fsp3) is 0.250. The van der Waals surface area contributed by atoms with E-state index in [9.17, 15) is 9.59 Å². The lowest BCUT2D eigenvalue weighted by Gasteiger charge is -2.05. The van der Waals surface area contributed by atoms with Gasteiger partial charge in [0, 0.05) is 17.5 Å². The minimum Gasteiger partial charge on any atom is -0.469 e. The molecule has 108 valence electrons. The van der Waals surface area contributed by atoms with Crippen molar-refractivity contribution >= 4 is 17.5 Å². The largest absolute Gasteiger partial charge is 0.469 e. The first kappa shape index (κ1) is 13.4. The van der Waals surface area contributed by atoms with Gasteiger partial charge in [0.15, 0.2) is 0 Å². The van der Waals surface area contributed by atoms with Crippen LogP contribution in [-0.2, 0) is 16.0 Å². The first-order chi connectivity index (χ1) is 10.1. The van der Waals surface area contributed by atoms with Gasteiger partial charge in [-0.2, -0.15) is 0 Å². The zero-order valence-electron chi connectivity index (χ0n) is 11.4. The minimum atomic E-state index is -0.369. The molecule has 1 aromatic carbocycles. The van der Waals surface area contributed by atoms with Crippen LogP contribution in [0.5, 0.6) is 0 Å². The van der Waals surface area contributed by atoms with E-state index in [0.717, 1.165) is 23.4 Å². The maximum atomic E-state index is 12.1. The number of benzene rings is 1. The zero-order chi connectivity index (χ0) is 14.8. The number of hydrogen-bond acceptors (Lipinski definition) is 3. The van der Waals surface area contributed by atoms with Crippen LogP contribution in [0.4, 0.5) is 5.69 Å². The molecule has 1 aliphatic carbocycles. The molecule has 2 atom stereocenters. The van der Waals surface area contributed by atoms with E-state index in [0.29, 0.717) is 0 Å². The van der Waals surface area contributed by atoms with E-state index in [4.69, 9.17) is 10.2 Å². The molecule has 0 radical (unpaired) electrons. The molecule has 5 heteroatoms. The molecule has 1 fully saturated rings. The highest BCUT2D eigenvalue weighted by molar-refractivity contribution is 5.95. The molecule has 1 heterocycles. The number of furan rings is 1. The van der Waals surface area contributed by atoms with Crippen molar-refractivity contribution in [3.8, 4) is 0 Å². The molecule has 0 bridgehead atoms. The van der Waals surface area contributed by atoms with Crippen molar-refractivity contribution in [3.63, 3.8) is 0 Å². The van der Waals surface area contributed by atoms with Gasteiger partial charge in [-0.1, -0.05) is 12.1 Å². The summed E-state index contributed by atoms with van der Waals surface area (Å²) < 4.78 is 5.32. The van der Waals surface area contributed by atoms with Crippen LogP contribution in [0, 0.1) is 5.92 Å². The van der Waals surface area contributed by atoms with Crippen molar-refractivity contribution in [2.45, 2.75) is 18.8 Å². The molecule has 1 saturated carbocycles. The van der Waals surface area contributed by atoms with E-state index >= 15 is 0 Å². The molecule has 0 aliphatic heterocycles. The number of hydrogen-bond donors (Lipinski definition) is 2. The normalized spacial score (nSPS) is 20.0. The van der Waals surface area contributed by atoms with Crippen LogP contribution >= 0.6 is 0 Å². The number of nitrogens with two attached hydrogens (primary N) is 1. The smallest absolute Gasteiger partial charge is 0.228 e. The third-order valence-corrected chi connectivity index (χ3v) is 3.64. The maximum Gasteiger partial charge on any atom is 0.228 e. The molecule has 1 aromatic heterocycles. The molecular formula is C16H16N2O3. The highest BCUT2D eigenvalue weighted by Gasteiger charge is 2.45. The summed E-state index contributed by atoms with van der Waals surface area (Å²) in [5.41, 5.74) is 6.69. The van der Waals surface area contributed by atoms with Crippen molar-refractivity contribution < 1.29 is 14.0 Å². The van der Waals surface area contributed by atoms with E-state index in [2.05, 4.69) is 5.32 Å². The van der Waals surface area contributed by atoms with Gasteiger partial charge in [-0.25, -0.2) is 0 Å². The Kier molecular flexibility index (Phi) is 3.48. The summed E-state index contributed by atoms with van der Waals surface area (Å²) in [7, 11) is 0. The molecule has 0 spiro atoms. The molecule has 5 nitrogen and oxygen atoms in total. The number of carbonyl (C=O) groups is 2. The number of anilines is 1. The lowest BCUT2D eigenvalue weighted by molar-refractivity contribution is -0.118. The predicted molar refractivity (Wildman–Crippen MR) is 77.5 cm³/mol. The summed E-state index contributed by atoms with van der Waals surface area (Å²) in [6, 6.07) is 10.9. The second-order valence-corrected chi connectivity index (χ2v) is 5.29. The van der Waals surface area contributed by atoms with Gasteiger partial charge in [-0.15, -0.1) is 0 Å². The summed E-state index contributed by atoms with van der Waals surface area (Å²) in [5, 5.41) is 2.88. The second-order valence-electron chi connectivity index (χ2n) is 5.29. The van der Waals surface area contributed by atoms with Crippen LogP contribution in [-0.4, -0.2) is 11.8 Å². The van der Waals surface area contributed by atoms with Gasteiger partial charge in [0.05, 0.1) is 12.7 Å². The van der Waals surface area contributed by atoms with Crippen LogP contribution < -0.4 is 11.1 Å². The molecule has 0 saturated heterocycles. The van der Waals surface area contributed by atoms with Crippen molar-refractivity contribution in [1.29, 1.82) is 0 Å². The van der Waals surface area contributed by atoms with Gasteiger partial charge in [0.25, 0.3) is 0 Å². The summed E-state index contributed by atoms with van der Waals surface area (Å²) in [5.74, 6) is 0.660. The number of primary amides is 1. The predicted octanol–water partition coefficient (Wildman–Crippen LogP) is 2.05. The number of carbonyl (C=O) groups excluding carboxylic acids is 2. The van der Waals surface area contributed by atoms with E-state index < -0.39 is 0 Å². The lowest BCUT2D eigenvalue weighted by Crippen LogP contribution is -2.15. The molecule has 2 amide bonds. The van der Waals surface area contributed by atoms with Gasteiger partial charge in [-0.3, -0.25) is 9.59 Å². The van der Waals surface area contributed by atoms with Gasteiger partial charge in [-0.05, 0) is 36.2 Å². The molecule has 1 aliphatic rings. The number of amides is 2. The van der Waals surface area contributed by atoms with E-state index in [-0.39, 0.29) is 30.1 Å². The standard InChI is InChI=1S/C16H16N2O3/c17-15(19)8-10-3-5-11(6-4-10)18-16(20)13-9-12(13)14-2-1-7-21-14/h1-7,12-13H,8-9H2,(H2,17,19)(H,18,20). The fourth-order valence-electron chi connectivity index (χ4n) is 2.44. The minimum absolute atomic E-state index is 0.000878. The molecular weight excluding hydrogens is 268 g/mol. The van der Waals surface area contributed by atoms with Gasteiger partial charge < -0.3 is 15.5 Å². The Balaban J connectivity index is 1.57. The summed E-state index contributed by atoms with van der Waals surface area (Å²) in [6.45, 7) is 0. The second kappa shape index (κ2) is 5.44. The van der Waals surface area contributed by atoms with E-state index in [1.165, 1.54) is 0 Å². The molecule has 2 unspecified atom stereocenters. The Morgan fingerprint density at radius 3 is 2.62 bits per heavy atom. The Morgan fingerprint density at radius 2 is 2.00 bits per heavy atom. The Hall–Kier alpha value is -2.56. The van der Waals surface area contributed by atoms with Gasteiger partial charge >= 0.3 is 0 Å². The average Bonchev–Trinajstić information content (AvgIpc) is 3.07. The number of rotatable bonds is 5. The summed E-state index contributed by atoms with van der Waals surface area (Å²) in [6.07, 6.45) is 2.65. The summed E-state index contributed by atoms with van der Waals surface area (Å²) in [4.78, 5) is 22.9. The highest BCUT2D eigenvalue weighted by Crippen LogP contribution is 2.48. The number of nitrogens with one attached hydrogen (secondary N) is 1. The SMILES string of the molecule is NC(=O)Cc1ccc(NC(=O)C2CC2c2ccco2)cc1. The van der Waals surface area contributed by atoms with Crippen molar-refractivity contribution in [2.75, 3.05) is 5.32 Å². The third-order valence-electron chi connectivity index (χ3n) is 3.64. The first-order valence-corrected chi connectivity index (χ1v) is 6.85. The van der Waals surface area contributed by atoms with Crippen LogP contribution in [0.25, 0.3) is 0 Å². The maximum absolute atomic E-state index is 12.1. The molecule has 2 aromatic rings. The quantitative estimate of drug-likeness (QED) is 0.881. The van der Waals surface area contributed by atoms with Gasteiger partial charge in [0.1, 0.15) is 5.76 Å². The average molecular weight is 284 g/mol. The monoisotopic (exact) mass is 284 g/mol. The summed E-state index contributed by atoms with van der Waals surface area (Å²) >= 11 is 0. The molecule has 3 rings (SSSR count). The first-order valence-electron chi connectivity index (χ1n) is 6.85. The lowest BCUT2D eigenvalue weighted by atomic mass is 10.1. The van der Waals surface area contributed by atoms with Crippen molar-refractivity contribution in [2.24, 2.45) is 11.7 Å². The topological polar surface area (TPSA) is 85.3 Å². The van der Waals surface area contributed by atoms with E-state index in [1.807, 2.05) is 12.1 Å². The van der Waals surface area contributed by atoms with Crippen LogP contribution in [0.3, 0.4) is 0 Å². The van der Waals surface area contributed by atoms with Crippen molar-refractivity contribution in [3.05, 3.63) is 54.0 Å². The third kappa shape index (κ3) is 3.13. The van der Waals surface area contributed by atoms with Crippen LogP contribution in [0.1, 0.15) is 23.7 Å². The zero-order valence-corrected chi connectivity index (χ0v) is 11.4.